The second-order valence-electron chi connectivity index (χ2n) is 6.07. The van der Waals surface area contributed by atoms with E-state index >= 15 is 0 Å². The molecule has 3 aromatic rings. The summed E-state index contributed by atoms with van der Waals surface area (Å²) < 4.78 is 45.9. The zero-order valence-electron chi connectivity index (χ0n) is 14.5. The van der Waals surface area contributed by atoms with E-state index < -0.39 is 15.8 Å². The summed E-state index contributed by atoms with van der Waals surface area (Å²) in [7, 11) is -3.77. The molecule has 136 valence electrons. The molecule has 1 N–H and O–H groups in total. The van der Waals surface area contributed by atoms with Gasteiger partial charge in [0.2, 0.25) is 15.9 Å². The molecule has 1 heterocycles. The molecule has 0 radical (unpaired) electrons. The third-order valence-corrected chi connectivity index (χ3v) is 5.44. The number of aryl methyl sites for hydroxylation is 2. The molecule has 7 heteroatoms. The maximum atomic E-state index is 13.6. The van der Waals surface area contributed by atoms with Crippen molar-refractivity contribution in [2.24, 2.45) is 0 Å². The Kier molecular flexibility index (Phi) is 5.20. The smallest absolute Gasteiger partial charge is 0.240 e. The largest absolute Gasteiger partial charge is 0.444 e. The van der Waals surface area contributed by atoms with Crippen LogP contribution < -0.4 is 4.72 Å². The molecular weight excluding hydrogens is 355 g/mol. The molecule has 0 spiro atoms. The first-order valence-electron chi connectivity index (χ1n) is 8.12. The fraction of sp³-hybridized carbons (Fsp3) is 0.211. The number of nitrogens with one attached hydrogen (secondary N) is 1. The Morgan fingerprint density at radius 2 is 1.85 bits per heavy atom. The predicted octanol–water partition coefficient (Wildman–Crippen LogP) is 3.62. The highest BCUT2D eigenvalue weighted by Crippen LogP contribution is 2.19. The number of oxazole rings is 1. The normalized spacial score (nSPS) is 11.7. The van der Waals surface area contributed by atoms with Crippen molar-refractivity contribution in [3.05, 3.63) is 71.4 Å². The van der Waals surface area contributed by atoms with E-state index in [2.05, 4.69) is 9.71 Å². The topological polar surface area (TPSA) is 72.2 Å². The minimum absolute atomic E-state index is 0.0962. The lowest BCUT2D eigenvalue weighted by atomic mass is 10.1. The molecule has 0 bridgehead atoms. The van der Waals surface area contributed by atoms with Crippen molar-refractivity contribution in [3.8, 4) is 11.5 Å². The molecule has 5 nitrogen and oxygen atoms in total. The van der Waals surface area contributed by atoms with E-state index in [1.807, 2.05) is 31.2 Å². The zero-order valence-corrected chi connectivity index (χ0v) is 15.3. The third-order valence-electron chi connectivity index (χ3n) is 3.98. The molecule has 0 aliphatic heterocycles. The maximum Gasteiger partial charge on any atom is 0.240 e. The van der Waals surface area contributed by atoms with Gasteiger partial charge in [-0.15, -0.1) is 0 Å². The summed E-state index contributed by atoms with van der Waals surface area (Å²) in [6, 6.07) is 11.6. The first-order valence-corrected chi connectivity index (χ1v) is 9.61. The van der Waals surface area contributed by atoms with Crippen LogP contribution in [0.2, 0.25) is 0 Å². The van der Waals surface area contributed by atoms with Gasteiger partial charge < -0.3 is 4.42 Å². The lowest BCUT2D eigenvalue weighted by molar-refractivity contribution is 0.569. The Morgan fingerprint density at radius 1 is 1.12 bits per heavy atom. The van der Waals surface area contributed by atoms with Crippen molar-refractivity contribution in [1.82, 2.24) is 9.71 Å². The standard InChI is InChI=1S/C19H19FN2O3S/c1-13-3-6-15(7-4-13)19-22-16(12-25-19)9-10-21-26(23,24)17-8-5-14(2)18(20)11-17/h3-8,11-12,21H,9-10H2,1-2H3. The van der Waals surface area contributed by atoms with Gasteiger partial charge in [0.05, 0.1) is 10.6 Å². The van der Waals surface area contributed by atoms with Gasteiger partial charge in [0.25, 0.3) is 0 Å². The van der Waals surface area contributed by atoms with Crippen molar-refractivity contribution < 1.29 is 17.2 Å². The Bertz CT molecular complexity index is 1010. The van der Waals surface area contributed by atoms with Crippen LogP contribution >= 0.6 is 0 Å². The van der Waals surface area contributed by atoms with Crippen molar-refractivity contribution in [1.29, 1.82) is 0 Å². The monoisotopic (exact) mass is 374 g/mol. The highest BCUT2D eigenvalue weighted by Gasteiger charge is 2.15. The molecule has 0 atom stereocenters. The highest BCUT2D eigenvalue weighted by molar-refractivity contribution is 7.89. The van der Waals surface area contributed by atoms with Crippen LogP contribution in [-0.2, 0) is 16.4 Å². The average molecular weight is 374 g/mol. The molecule has 0 saturated heterocycles. The molecule has 0 aliphatic rings. The molecule has 0 saturated carbocycles. The van der Waals surface area contributed by atoms with Crippen LogP contribution in [-0.4, -0.2) is 19.9 Å². The summed E-state index contributed by atoms with van der Waals surface area (Å²) >= 11 is 0. The fourth-order valence-electron chi connectivity index (χ4n) is 2.39. The number of rotatable bonds is 6. The molecule has 2 aromatic carbocycles. The molecule has 0 fully saturated rings. The van der Waals surface area contributed by atoms with Gasteiger partial charge in [0.1, 0.15) is 12.1 Å². The lowest BCUT2D eigenvalue weighted by Gasteiger charge is -2.06. The van der Waals surface area contributed by atoms with Crippen LogP contribution in [0.5, 0.6) is 0 Å². The summed E-state index contributed by atoms with van der Waals surface area (Å²) in [5.74, 6) is -0.0596. The van der Waals surface area contributed by atoms with E-state index in [1.165, 1.54) is 18.4 Å². The molecule has 0 aliphatic carbocycles. The van der Waals surface area contributed by atoms with Gasteiger partial charge in [0, 0.05) is 18.5 Å². The Balaban J connectivity index is 1.62. The predicted molar refractivity (Wildman–Crippen MR) is 96.7 cm³/mol. The fourth-order valence-corrected chi connectivity index (χ4v) is 3.43. The summed E-state index contributed by atoms with van der Waals surface area (Å²) in [6.45, 7) is 3.71. The van der Waals surface area contributed by atoms with Crippen LogP contribution in [0.1, 0.15) is 16.8 Å². The lowest BCUT2D eigenvalue weighted by Crippen LogP contribution is -2.26. The van der Waals surface area contributed by atoms with E-state index in [1.54, 1.807) is 6.92 Å². The number of benzene rings is 2. The Morgan fingerprint density at radius 3 is 2.54 bits per heavy atom. The second-order valence-corrected chi connectivity index (χ2v) is 7.84. The molecule has 3 rings (SSSR count). The second kappa shape index (κ2) is 7.39. The summed E-state index contributed by atoms with van der Waals surface area (Å²) in [6.07, 6.45) is 1.87. The van der Waals surface area contributed by atoms with Crippen molar-refractivity contribution in [2.75, 3.05) is 6.54 Å². The van der Waals surface area contributed by atoms with E-state index in [0.717, 1.165) is 17.2 Å². The quantitative estimate of drug-likeness (QED) is 0.715. The van der Waals surface area contributed by atoms with Crippen molar-refractivity contribution in [2.45, 2.75) is 25.2 Å². The third kappa shape index (κ3) is 4.17. The van der Waals surface area contributed by atoms with Gasteiger partial charge in [-0.1, -0.05) is 23.8 Å². The zero-order chi connectivity index (χ0) is 18.7. The van der Waals surface area contributed by atoms with Crippen molar-refractivity contribution in [3.63, 3.8) is 0 Å². The highest BCUT2D eigenvalue weighted by atomic mass is 32.2. The van der Waals surface area contributed by atoms with Gasteiger partial charge >= 0.3 is 0 Å². The molecule has 1 aromatic heterocycles. The van der Waals surface area contributed by atoms with Crippen molar-refractivity contribution >= 4 is 10.0 Å². The molecular formula is C19H19FN2O3S. The van der Waals surface area contributed by atoms with Gasteiger partial charge in [-0.3, -0.25) is 0 Å². The Labute approximate surface area is 151 Å². The first-order chi connectivity index (χ1) is 12.3. The first kappa shape index (κ1) is 18.3. The van der Waals surface area contributed by atoms with Gasteiger partial charge in [-0.05, 0) is 43.7 Å². The number of nitrogens with zero attached hydrogens (tertiary/aromatic N) is 1. The van der Waals surface area contributed by atoms with Crippen LogP contribution in [0.25, 0.3) is 11.5 Å². The minimum Gasteiger partial charge on any atom is -0.444 e. The van der Waals surface area contributed by atoms with Gasteiger partial charge in [0.15, 0.2) is 0 Å². The maximum absolute atomic E-state index is 13.6. The summed E-state index contributed by atoms with van der Waals surface area (Å²) in [5.41, 5.74) is 3.04. The van der Waals surface area contributed by atoms with E-state index in [9.17, 15) is 12.8 Å². The van der Waals surface area contributed by atoms with E-state index in [-0.39, 0.29) is 11.4 Å². The number of hydrogen-bond acceptors (Lipinski definition) is 4. The van der Waals surface area contributed by atoms with E-state index in [0.29, 0.717) is 23.6 Å². The van der Waals surface area contributed by atoms with Crippen LogP contribution in [0, 0.1) is 19.7 Å². The molecule has 0 amide bonds. The average Bonchev–Trinajstić information content (AvgIpc) is 3.06. The van der Waals surface area contributed by atoms with Crippen LogP contribution in [0.4, 0.5) is 4.39 Å². The van der Waals surface area contributed by atoms with E-state index in [4.69, 9.17) is 4.42 Å². The number of halogens is 1. The van der Waals surface area contributed by atoms with Gasteiger partial charge in [-0.25, -0.2) is 22.5 Å². The van der Waals surface area contributed by atoms with Crippen LogP contribution in [0.3, 0.4) is 0 Å². The SMILES string of the molecule is Cc1ccc(-c2nc(CCNS(=O)(=O)c3ccc(C)c(F)c3)co2)cc1. The number of sulfonamides is 1. The summed E-state index contributed by atoms with van der Waals surface area (Å²) in [4.78, 5) is 4.27. The molecule has 26 heavy (non-hydrogen) atoms. The summed E-state index contributed by atoms with van der Waals surface area (Å²) in [5, 5.41) is 0. The molecule has 0 unspecified atom stereocenters. The Hall–Kier alpha value is -2.51. The van der Waals surface area contributed by atoms with Gasteiger partial charge in [-0.2, -0.15) is 0 Å². The van der Waals surface area contributed by atoms with Crippen LogP contribution in [0.15, 0.2) is 58.0 Å². The minimum atomic E-state index is -3.77. The number of aromatic nitrogens is 1. The number of hydrogen-bond donors (Lipinski definition) is 1.